The van der Waals surface area contributed by atoms with Gasteiger partial charge in [0.2, 0.25) is 5.78 Å². The number of ketones is 1. The molecular weight excluding hydrogens is 596 g/mol. The smallest absolute Gasteiger partial charge is 0.216 e. The normalized spacial score (nSPS) is 33.5. The lowest BCUT2D eigenvalue weighted by molar-refractivity contribution is -0.225. The van der Waals surface area contributed by atoms with Crippen LogP contribution in [-0.2, 0) is 16.0 Å². The number of hydrogen-bond acceptors (Lipinski definition) is 17. The van der Waals surface area contributed by atoms with Crippen LogP contribution in [-0.4, -0.2) is 141 Å². The van der Waals surface area contributed by atoms with Crippen molar-refractivity contribution >= 4 is 33.6 Å². The highest BCUT2D eigenvalue weighted by molar-refractivity contribution is 7.20. The van der Waals surface area contributed by atoms with Gasteiger partial charge in [0.1, 0.15) is 65.6 Å². The minimum absolute atomic E-state index is 0.00334. The number of anilines is 1. The van der Waals surface area contributed by atoms with Crippen LogP contribution in [0.4, 0.5) is 5.13 Å². The molecule has 0 saturated carbocycles. The Morgan fingerprint density at radius 3 is 2.40 bits per heavy atom. The van der Waals surface area contributed by atoms with Gasteiger partial charge in [0.25, 0.3) is 0 Å². The maximum atomic E-state index is 13.3. The number of ether oxygens (including phenoxy) is 2. The van der Waals surface area contributed by atoms with Gasteiger partial charge in [-0.05, 0) is 13.8 Å². The van der Waals surface area contributed by atoms with Crippen LogP contribution >= 0.6 is 22.7 Å². The van der Waals surface area contributed by atoms with E-state index >= 15 is 0 Å². The standard InChI is InChI=1S/C24H32N6O10S2/c1-8-22(19(36)14-4-26-24(41-14)25-3-11-16(33)21(38)18(35)13(7-31)40-11)42-23(27-8)10-5-30(29-28-10)6-12-17(34)20(37)15(32)9(2)39-12/h4-5,9,11-13,15-18,20-21,31-35,37-38H,3,6-7H2,1-2H3,(H,25,26)/t9?,11-,12-,13-,15+,16-,17-,18-,20-,21-/m1/s1. The molecule has 10 atom stereocenters. The first-order valence-corrected chi connectivity index (χ1v) is 14.7. The highest BCUT2D eigenvalue weighted by atomic mass is 32.1. The molecule has 0 radical (unpaired) electrons. The van der Waals surface area contributed by atoms with Gasteiger partial charge in [-0.25, -0.2) is 14.6 Å². The van der Waals surface area contributed by atoms with Crippen LogP contribution < -0.4 is 5.32 Å². The molecule has 2 aliphatic rings. The lowest BCUT2D eigenvalue weighted by atomic mass is 9.95. The van der Waals surface area contributed by atoms with E-state index in [0.717, 1.165) is 22.7 Å². The molecule has 42 heavy (non-hydrogen) atoms. The highest BCUT2D eigenvalue weighted by Crippen LogP contribution is 2.31. The Balaban J connectivity index is 1.22. The Bertz CT molecular complexity index is 1380. The third-order valence-electron chi connectivity index (χ3n) is 7.25. The largest absolute Gasteiger partial charge is 0.394 e. The van der Waals surface area contributed by atoms with E-state index in [1.165, 1.54) is 10.9 Å². The lowest BCUT2D eigenvalue weighted by Crippen LogP contribution is -2.60. The van der Waals surface area contributed by atoms with E-state index in [-0.39, 0.29) is 18.9 Å². The van der Waals surface area contributed by atoms with Crippen molar-refractivity contribution in [2.45, 2.75) is 81.4 Å². The molecular formula is C24H32N6O10S2. The van der Waals surface area contributed by atoms with E-state index in [1.54, 1.807) is 20.0 Å². The first kappa shape index (κ1) is 31.0. The Morgan fingerprint density at radius 2 is 1.67 bits per heavy atom. The van der Waals surface area contributed by atoms with E-state index in [2.05, 4.69) is 25.6 Å². The van der Waals surface area contributed by atoms with Crippen molar-refractivity contribution in [2.24, 2.45) is 0 Å². The number of thiazole rings is 2. The lowest BCUT2D eigenvalue weighted by Gasteiger charge is -2.40. The molecule has 2 aliphatic heterocycles. The Hall–Kier alpha value is -2.49. The maximum Gasteiger partial charge on any atom is 0.216 e. The van der Waals surface area contributed by atoms with Crippen LogP contribution in [0.3, 0.4) is 0 Å². The summed E-state index contributed by atoms with van der Waals surface area (Å²) in [7, 11) is 0. The maximum absolute atomic E-state index is 13.3. The van der Waals surface area contributed by atoms with Gasteiger partial charge in [-0.15, -0.1) is 16.4 Å². The van der Waals surface area contributed by atoms with Gasteiger partial charge in [0.15, 0.2) is 5.13 Å². The van der Waals surface area contributed by atoms with Crippen LogP contribution in [0.15, 0.2) is 12.4 Å². The van der Waals surface area contributed by atoms with Crippen LogP contribution in [0, 0.1) is 6.92 Å². The second-order valence-corrected chi connectivity index (χ2v) is 12.2. The number of rotatable bonds is 9. The van der Waals surface area contributed by atoms with Crippen molar-refractivity contribution in [1.82, 2.24) is 25.0 Å². The van der Waals surface area contributed by atoms with E-state index < -0.39 is 67.6 Å². The van der Waals surface area contributed by atoms with Crippen molar-refractivity contribution in [1.29, 1.82) is 0 Å². The number of nitrogens with zero attached hydrogens (tertiary/aromatic N) is 5. The molecule has 18 heteroatoms. The van der Waals surface area contributed by atoms with Gasteiger partial charge >= 0.3 is 0 Å². The molecule has 3 aromatic rings. The molecule has 16 nitrogen and oxygen atoms in total. The van der Waals surface area contributed by atoms with Crippen molar-refractivity contribution in [3.8, 4) is 10.7 Å². The van der Waals surface area contributed by atoms with E-state index in [9.17, 15) is 40.5 Å². The van der Waals surface area contributed by atoms with Gasteiger partial charge in [0.05, 0.1) is 47.1 Å². The second-order valence-electron chi connectivity index (χ2n) is 10.2. The molecule has 2 fully saturated rings. The summed E-state index contributed by atoms with van der Waals surface area (Å²) in [5, 5.41) is 81.6. The molecule has 1 unspecified atom stereocenters. The summed E-state index contributed by atoms with van der Waals surface area (Å²) >= 11 is 2.20. The quantitative estimate of drug-likeness (QED) is 0.114. The predicted octanol–water partition coefficient (Wildman–Crippen LogP) is -2.48. The van der Waals surface area contributed by atoms with Crippen molar-refractivity contribution in [2.75, 3.05) is 18.5 Å². The van der Waals surface area contributed by atoms with Crippen LogP contribution in [0.5, 0.6) is 0 Å². The van der Waals surface area contributed by atoms with Gasteiger partial charge < -0.3 is 50.5 Å². The summed E-state index contributed by atoms with van der Waals surface area (Å²) in [5.41, 5.74) is 0.878. The molecule has 5 heterocycles. The summed E-state index contributed by atoms with van der Waals surface area (Å²) in [5.74, 6) is -0.303. The molecule has 0 aromatic carbocycles. The molecule has 0 spiro atoms. The van der Waals surface area contributed by atoms with Gasteiger partial charge in [-0.3, -0.25) is 4.79 Å². The first-order valence-electron chi connectivity index (χ1n) is 13.1. The third kappa shape index (κ3) is 6.10. The van der Waals surface area contributed by atoms with Crippen molar-refractivity contribution in [3.63, 3.8) is 0 Å². The van der Waals surface area contributed by atoms with Crippen LogP contribution in [0.2, 0.25) is 0 Å². The molecule has 0 bridgehead atoms. The summed E-state index contributed by atoms with van der Waals surface area (Å²) in [6.07, 6.45) is -8.67. The second kappa shape index (κ2) is 12.6. The van der Waals surface area contributed by atoms with Gasteiger partial charge in [-0.1, -0.05) is 16.6 Å². The Kier molecular flexibility index (Phi) is 9.30. The fraction of sp³-hybridized carbons (Fsp3) is 0.625. The zero-order valence-electron chi connectivity index (χ0n) is 22.5. The Labute approximate surface area is 246 Å². The van der Waals surface area contributed by atoms with E-state index in [1.807, 2.05) is 0 Å². The molecule has 2 saturated heterocycles. The number of carbonyl (C=O) groups is 1. The molecule has 5 rings (SSSR count). The SMILES string of the molecule is Cc1nc(-c2cn(C[C@H]3OC(C)[C@H](O)[C@@H](O)[C@@H]3O)nn2)sc1C(=O)c1cnc(NC[C@H]2O[C@H](CO)[C@@H](O)[C@H](O)[C@@H]2O)s1. The monoisotopic (exact) mass is 628 g/mol. The minimum Gasteiger partial charge on any atom is -0.394 e. The third-order valence-corrected chi connectivity index (χ3v) is 9.39. The fourth-order valence-electron chi connectivity index (χ4n) is 4.78. The zero-order chi connectivity index (χ0) is 30.3. The van der Waals surface area contributed by atoms with Crippen LogP contribution in [0.1, 0.15) is 27.2 Å². The summed E-state index contributed by atoms with van der Waals surface area (Å²) in [6, 6.07) is 0. The molecule has 8 N–H and O–H groups in total. The number of aliphatic hydroxyl groups excluding tert-OH is 7. The average molecular weight is 629 g/mol. The first-order chi connectivity index (χ1) is 20.0. The molecule has 0 amide bonds. The zero-order valence-corrected chi connectivity index (χ0v) is 24.1. The number of aliphatic hydroxyl groups is 7. The van der Waals surface area contributed by atoms with E-state index in [0.29, 0.717) is 31.3 Å². The summed E-state index contributed by atoms with van der Waals surface area (Å²) in [4.78, 5) is 22.6. The average Bonchev–Trinajstić information content (AvgIpc) is 3.73. The number of carbonyl (C=O) groups excluding carboxylic acids is 1. The minimum atomic E-state index is -1.49. The van der Waals surface area contributed by atoms with Crippen LogP contribution in [0.25, 0.3) is 10.7 Å². The fourth-order valence-corrected chi connectivity index (χ4v) is 6.59. The van der Waals surface area contributed by atoms with Crippen molar-refractivity contribution in [3.05, 3.63) is 27.8 Å². The van der Waals surface area contributed by atoms with Gasteiger partial charge in [-0.2, -0.15) is 0 Å². The number of aryl methyl sites for hydroxylation is 1. The van der Waals surface area contributed by atoms with E-state index in [4.69, 9.17) is 9.47 Å². The number of hydrogen-bond donors (Lipinski definition) is 8. The molecule has 3 aromatic heterocycles. The topological polar surface area (TPSA) is 246 Å². The van der Waals surface area contributed by atoms with Crippen molar-refractivity contribution < 1.29 is 50.0 Å². The summed E-state index contributed by atoms with van der Waals surface area (Å²) < 4.78 is 12.5. The molecule has 0 aliphatic carbocycles. The predicted molar refractivity (Wildman–Crippen MR) is 146 cm³/mol. The summed E-state index contributed by atoms with van der Waals surface area (Å²) in [6.45, 7) is 2.83. The highest BCUT2D eigenvalue weighted by Gasteiger charge is 2.43. The number of nitrogens with one attached hydrogen (secondary N) is 1. The Morgan fingerprint density at radius 1 is 0.976 bits per heavy atom. The molecule has 230 valence electrons. The number of aromatic nitrogens is 5. The van der Waals surface area contributed by atoms with Gasteiger partial charge in [0, 0.05) is 6.54 Å².